The van der Waals surface area contributed by atoms with Crippen molar-refractivity contribution in [3.8, 4) is 11.5 Å². The zero-order valence-electron chi connectivity index (χ0n) is 18.7. The van der Waals surface area contributed by atoms with E-state index in [4.69, 9.17) is 13.9 Å². The van der Waals surface area contributed by atoms with Crippen LogP contribution in [0.15, 0.2) is 56.6 Å². The number of nitrogens with one attached hydrogen (secondary N) is 2. The van der Waals surface area contributed by atoms with Gasteiger partial charge in [0, 0.05) is 18.0 Å². The molecule has 176 valence electrons. The van der Waals surface area contributed by atoms with Gasteiger partial charge in [-0.2, -0.15) is 0 Å². The maximum atomic E-state index is 13.3. The predicted molar refractivity (Wildman–Crippen MR) is 128 cm³/mol. The molecule has 9 heteroatoms. The van der Waals surface area contributed by atoms with Crippen LogP contribution in [0.25, 0.3) is 11.0 Å². The summed E-state index contributed by atoms with van der Waals surface area (Å²) in [5.41, 5.74) is -0.131. The molecule has 3 aromatic rings. The van der Waals surface area contributed by atoms with Crippen molar-refractivity contribution in [3.05, 3.63) is 52.9 Å². The molecule has 0 atom stereocenters. The molecule has 0 aliphatic heterocycles. The van der Waals surface area contributed by atoms with E-state index in [1.54, 1.807) is 24.3 Å². The minimum Gasteiger partial charge on any atom is -0.497 e. The lowest BCUT2D eigenvalue weighted by atomic mass is 9.89. The van der Waals surface area contributed by atoms with Crippen molar-refractivity contribution in [3.63, 3.8) is 0 Å². The van der Waals surface area contributed by atoms with E-state index < -0.39 is 15.6 Å². The van der Waals surface area contributed by atoms with Gasteiger partial charge in [-0.05, 0) is 43.0 Å². The molecule has 1 heterocycles. The van der Waals surface area contributed by atoms with Gasteiger partial charge in [0.1, 0.15) is 22.0 Å². The number of rotatable bonds is 8. The van der Waals surface area contributed by atoms with Crippen LogP contribution in [0.2, 0.25) is 0 Å². The Labute approximate surface area is 193 Å². The minimum atomic E-state index is -4.20. The summed E-state index contributed by atoms with van der Waals surface area (Å²) in [5.74, 6) is 0.940. The lowest BCUT2D eigenvalue weighted by Crippen LogP contribution is -2.23. The molecule has 1 saturated carbocycles. The molecule has 1 aliphatic rings. The topological polar surface area (TPSA) is 107 Å². The third kappa shape index (κ3) is 4.93. The van der Waals surface area contributed by atoms with Gasteiger partial charge in [-0.15, -0.1) is 0 Å². The third-order valence-corrected chi connectivity index (χ3v) is 7.37. The molecular formula is C24H28N2O6S. The second kappa shape index (κ2) is 9.74. The molecule has 2 N–H and O–H groups in total. The molecule has 1 aliphatic carbocycles. The quantitative estimate of drug-likeness (QED) is 0.461. The summed E-state index contributed by atoms with van der Waals surface area (Å²) < 4.78 is 45.0. The van der Waals surface area contributed by atoms with Crippen LogP contribution in [0.3, 0.4) is 0 Å². The Bertz CT molecular complexity index is 1300. The van der Waals surface area contributed by atoms with Crippen LogP contribution < -0.4 is 25.1 Å². The summed E-state index contributed by atoms with van der Waals surface area (Å²) in [6, 6.07) is 11.5. The van der Waals surface area contributed by atoms with Gasteiger partial charge in [0.05, 0.1) is 19.9 Å². The number of sulfonamides is 1. The largest absolute Gasteiger partial charge is 0.497 e. The van der Waals surface area contributed by atoms with Gasteiger partial charge in [0.2, 0.25) is 0 Å². The predicted octanol–water partition coefficient (Wildman–Crippen LogP) is 4.60. The van der Waals surface area contributed by atoms with E-state index in [-0.39, 0.29) is 16.3 Å². The lowest BCUT2D eigenvalue weighted by molar-refractivity contribution is 0.373. The summed E-state index contributed by atoms with van der Waals surface area (Å²) in [7, 11) is -1.38. The van der Waals surface area contributed by atoms with E-state index in [2.05, 4.69) is 10.0 Å². The number of benzene rings is 2. The monoisotopic (exact) mass is 472 g/mol. The second-order valence-electron chi connectivity index (χ2n) is 8.14. The van der Waals surface area contributed by atoms with Gasteiger partial charge < -0.3 is 19.2 Å². The van der Waals surface area contributed by atoms with E-state index in [1.807, 2.05) is 6.07 Å². The molecule has 1 aromatic heterocycles. The Kier molecular flexibility index (Phi) is 6.78. The Morgan fingerprint density at radius 2 is 1.76 bits per heavy atom. The fourth-order valence-electron chi connectivity index (χ4n) is 4.25. The maximum Gasteiger partial charge on any atom is 0.363 e. The Balaban J connectivity index is 1.77. The average Bonchev–Trinajstić information content (AvgIpc) is 2.84. The number of hydrogen-bond donors (Lipinski definition) is 2. The molecule has 1 fully saturated rings. The number of fused-ring (bicyclic) bond motifs is 1. The summed E-state index contributed by atoms with van der Waals surface area (Å²) in [5, 5.41) is 3.98. The molecule has 2 aromatic carbocycles. The molecular weight excluding hydrogens is 444 g/mol. The summed E-state index contributed by atoms with van der Waals surface area (Å²) in [6.07, 6.45) is 5.81. The van der Waals surface area contributed by atoms with Crippen LogP contribution in [0.1, 0.15) is 32.1 Å². The molecule has 0 radical (unpaired) electrons. The highest BCUT2D eigenvalue weighted by Gasteiger charge is 2.26. The maximum absolute atomic E-state index is 13.3. The SMILES string of the molecule is COc1ccc(OC)c(S(=O)(=O)Nc2c(NCC3CCCCC3)c3ccccc3oc2=O)c1. The first-order valence-electron chi connectivity index (χ1n) is 11.0. The molecule has 0 spiro atoms. The molecule has 4 rings (SSSR count). The normalized spacial score (nSPS) is 14.7. The van der Waals surface area contributed by atoms with E-state index in [0.29, 0.717) is 34.9 Å². The van der Waals surface area contributed by atoms with Gasteiger partial charge in [0.15, 0.2) is 5.69 Å². The fourth-order valence-corrected chi connectivity index (χ4v) is 5.50. The molecule has 33 heavy (non-hydrogen) atoms. The Morgan fingerprint density at radius 3 is 2.48 bits per heavy atom. The number of ether oxygens (including phenoxy) is 2. The van der Waals surface area contributed by atoms with Crippen LogP contribution in [-0.2, 0) is 10.0 Å². The van der Waals surface area contributed by atoms with Crippen molar-refractivity contribution >= 4 is 32.4 Å². The highest BCUT2D eigenvalue weighted by molar-refractivity contribution is 7.92. The first kappa shape index (κ1) is 23.0. The van der Waals surface area contributed by atoms with Crippen molar-refractivity contribution in [2.45, 2.75) is 37.0 Å². The van der Waals surface area contributed by atoms with E-state index in [0.717, 1.165) is 12.8 Å². The van der Waals surface area contributed by atoms with Crippen LogP contribution in [0, 0.1) is 5.92 Å². The minimum absolute atomic E-state index is 0.130. The number of anilines is 2. The molecule has 0 unspecified atom stereocenters. The lowest BCUT2D eigenvalue weighted by Gasteiger charge is -2.23. The Morgan fingerprint density at radius 1 is 1.00 bits per heavy atom. The van der Waals surface area contributed by atoms with Gasteiger partial charge in [-0.1, -0.05) is 31.4 Å². The standard InChI is InChI=1S/C24H28N2O6S/c1-30-17-12-13-20(31-2)21(14-17)33(28,29)26-23-22(25-15-16-8-4-3-5-9-16)18-10-6-7-11-19(18)32-24(23)27/h6-7,10-14,16,25-26H,3-5,8-9,15H2,1-2H3. The van der Waals surface area contributed by atoms with E-state index in [1.165, 1.54) is 45.6 Å². The van der Waals surface area contributed by atoms with Crippen molar-refractivity contribution in [2.24, 2.45) is 5.92 Å². The fraction of sp³-hybridized carbons (Fsp3) is 0.375. The van der Waals surface area contributed by atoms with Gasteiger partial charge in [0.25, 0.3) is 10.0 Å². The number of methoxy groups -OCH3 is 2. The first-order chi connectivity index (χ1) is 15.9. The molecule has 0 saturated heterocycles. The van der Waals surface area contributed by atoms with Gasteiger partial charge in [-0.3, -0.25) is 4.72 Å². The number of hydrogen-bond acceptors (Lipinski definition) is 7. The van der Waals surface area contributed by atoms with Gasteiger partial charge >= 0.3 is 5.63 Å². The van der Waals surface area contributed by atoms with Crippen molar-refractivity contribution in [1.82, 2.24) is 0 Å². The Hall–Kier alpha value is -3.20. The highest BCUT2D eigenvalue weighted by atomic mass is 32.2. The highest BCUT2D eigenvalue weighted by Crippen LogP contribution is 2.34. The van der Waals surface area contributed by atoms with Crippen LogP contribution in [-0.4, -0.2) is 29.2 Å². The molecule has 8 nitrogen and oxygen atoms in total. The molecule has 0 amide bonds. The summed E-state index contributed by atoms with van der Waals surface area (Å²) in [4.78, 5) is 12.8. The summed E-state index contributed by atoms with van der Waals surface area (Å²) >= 11 is 0. The average molecular weight is 473 g/mol. The second-order valence-corrected chi connectivity index (χ2v) is 9.79. The zero-order valence-corrected chi connectivity index (χ0v) is 19.5. The van der Waals surface area contributed by atoms with Crippen LogP contribution in [0.4, 0.5) is 11.4 Å². The van der Waals surface area contributed by atoms with Crippen LogP contribution in [0.5, 0.6) is 11.5 Å². The van der Waals surface area contributed by atoms with Crippen molar-refractivity contribution < 1.29 is 22.3 Å². The molecule has 0 bridgehead atoms. The summed E-state index contributed by atoms with van der Waals surface area (Å²) in [6.45, 7) is 0.644. The number of para-hydroxylation sites is 1. The van der Waals surface area contributed by atoms with Crippen molar-refractivity contribution in [2.75, 3.05) is 30.8 Å². The first-order valence-corrected chi connectivity index (χ1v) is 12.5. The van der Waals surface area contributed by atoms with E-state index >= 15 is 0 Å². The smallest absolute Gasteiger partial charge is 0.363 e. The van der Waals surface area contributed by atoms with Gasteiger partial charge in [-0.25, -0.2) is 13.2 Å². The third-order valence-electron chi connectivity index (χ3n) is 6.00. The van der Waals surface area contributed by atoms with Crippen molar-refractivity contribution in [1.29, 1.82) is 0 Å². The zero-order chi connectivity index (χ0) is 23.4. The van der Waals surface area contributed by atoms with Crippen LogP contribution >= 0.6 is 0 Å². The van der Waals surface area contributed by atoms with E-state index in [9.17, 15) is 13.2 Å².